The molecule has 2 aromatic carbocycles. The van der Waals surface area contributed by atoms with Crippen molar-refractivity contribution < 1.29 is 4.74 Å². The van der Waals surface area contributed by atoms with E-state index in [1.807, 2.05) is 7.05 Å². The van der Waals surface area contributed by atoms with Crippen LogP contribution in [-0.2, 0) is 6.42 Å². The van der Waals surface area contributed by atoms with Crippen molar-refractivity contribution >= 4 is 0 Å². The lowest BCUT2D eigenvalue weighted by atomic mass is 10.1. The van der Waals surface area contributed by atoms with Crippen molar-refractivity contribution in [2.45, 2.75) is 32.7 Å². The molecule has 0 bridgehead atoms. The lowest BCUT2D eigenvalue weighted by Crippen LogP contribution is -2.12. The average molecular weight is 283 g/mol. The first-order valence-electron chi connectivity index (χ1n) is 7.65. The summed E-state index contributed by atoms with van der Waals surface area (Å²) in [7, 11) is 1.98. The first kappa shape index (κ1) is 15.6. The standard InChI is InChI=1S/C19H25NO/c1-15-14-18(16(2)20-3)11-12-19(15)21-13-7-10-17-8-5-4-6-9-17/h4-6,8-9,11-12,14,16,20H,7,10,13H2,1-3H3. The fourth-order valence-corrected chi connectivity index (χ4v) is 2.37. The van der Waals surface area contributed by atoms with Gasteiger partial charge < -0.3 is 10.1 Å². The van der Waals surface area contributed by atoms with Crippen LogP contribution in [0, 0.1) is 6.92 Å². The fourth-order valence-electron chi connectivity index (χ4n) is 2.37. The maximum absolute atomic E-state index is 5.91. The minimum Gasteiger partial charge on any atom is -0.493 e. The van der Waals surface area contributed by atoms with E-state index in [1.54, 1.807) is 0 Å². The van der Waals surface area contributed by atoms with Gasteiger partial charge in [-0.2, -0.15) is 0 Å². The Labute approximate surface area is 128 Å². The maximum atomic E-state index is 5.91. The summed E-state index contributed by atoms with van der Waals surface area (Å²) in [6.07, 6.45) is 2.10. The molecule has 0 aliphatic carbocycles. The molecule has 0 saturated heterocycles. The van der Waals surface area contributed by atoms with Gasteiger partial charge in [0, 0.05) is 6.04 Å². The molecule has 1 atom stereocenters. The van der Waals surface area contributed by atoms with Crippen LogP contribution >= 0.6 is 0 Å². The van der Waals surface area contributed by atoms with Gasteiger partial charge in [0.25, 0.3) is 0 Å². The molecule has 0 saturated carbocycles. The van der Waals surface area contributed by atoms with Gasteiger partial charge in [0.2, 0.25) is 0 Å². The van der Waals surface area contributed by atoms with Crippen LogP contribution in [0.3, 0.4) is 0 Å². The summed E-state index contributed by atoms with van der Waals surface area (Å²) in [5, 5.41) is 3.26. The summed E-state index contributed by atoms with van der Waals surface area (Å²) in [4.78, 5) is 0. The molecule has 0 heterocycles. The quantitative estimate of drug-likeness (QED) is 0.765. The molecule has 1 N–H and O–H groups in total. The highest BCUT2D eigenvalue weighted by molar-refractivity contribution is 5.37. The second-order valence-corrected chi connectivity index (χ2v) is 5.47. The number of ether oxygens (including phenoxy) is 1. The Morgan fingerprint density at radius 2 is 1.86 bits per heavy atom. The highest BCUT2D eigenvalue weighted by Gasteiger charge is 2.06. The summed E-state index contributed by atoms with van der Waals surface area (Å²) in [5.74, 6) is 0.995. The van der Waals surface area contributed by atoms with E-state index in [1.165, 1.54) is 16.7 Å². The molecule has 0 amide bonds. The third-order valence-corrected chi connectivity index (χ3v) is 3.84. The van der Waals surface area contributed by atoms with Gasteiger partial charge in [0.05, 0.1) is 6.61 Å². The summed E-state index contributed by atoms with van der Waals surface area (Å²) in [6.45, 7) is 5.03. The Hall–Kier alpha value is -1.80. The highest BCUT2D eigenvalue weighted by Crippen LogP contribution is 2.22. The second-order valence-electron chi connectivity index (χ2n) is 5.47. The molecule has 2 heteroatoms. The van der Waals surface area contributed by atoms with Crippen LogP contribution < -0.4 is 10.1 Å². The molecule has 21 heavy (non-hydrogen) atoms. The first-order chi connectivity index (χ1) is 10.2. The Morgan fingerprint density at radius 3 is 2.52 bits per heavy atom. The largest absolute Gasteiger partial charge is 0.493 e. The zero-order valence-electron chi connectivity index (χ0n) is 13.2. The number of aryl methyl sites for hydroxylation is 2. The first-order valence-corrected chi connectivity index (χ1v) is 7.65. The summed E-state index contributed by atoms with van der Waals surface area (Å²) < 4.78 is 5.91. The van der Waals surface area contributed by atoms with Crippen molar-refractivity contribution in [3.8, 4) is 5.75 Å². The van der Waals surface area contributed by atoms with Crippen LogP contribution in [0.2, 0.25) is 0 Å². The monoisotopic (exact) mass is 283 g/mol. The summed E-state index contributed by atoms with van der Waals surface area (Å²) >= 11 is 0. The van der Waals surface area contributed by atoms with Gasteiger partial charge in [-0.05, 0) is 56.5 Å². The normalized spacial score (nSPS) is 12.1. The van der Waals surface area contributed by atoms with E-state index in [4.69, 9.17) is 4.74 Å². The Morgan fingerprint density at radius 1 is 1.10 bits per heavy atom. The van der Waals surface area contributed by atoms with Crippen molar-refractivity contribution in [3.05, 3.63) is 65.2 Å². The molecule has 0 aromatic heterocycles. The van der Waals surface area contributed by atoms with E-state index in [9.17, 15) is 0 Å². The van der Waals surface area contributed by atoms with Crippen LogP contribution in [0.4, 0.5) is 0 Å². The molecule has 112 valence electrons. The van der Waals surface area contributed by atoms with Gasteiger partial charge in [-0.3, -0.25) is 0 Å². The van der Waals surface area contributed by atoms with E-state index in [2.05, 4.69) is 67.7 Å². The zero-order chi connectivity index (χ0) is 15.1. The van der Waals surface area contributed by atoms with Crippen molar-refractivity contribution in [3.63, 3.8) is 0 Å². The molecule has 0 spiro atoms. The van der Waals surface area contributed by atoms with Crippen LogP contribution in [-0.4, -0.2) is 13.7 Å². The Kier molecular flexibility index (Phi) is 5.82. The summed E-state index contributed by atoms with van der Waals surface area (Å²) in [6, 6.07) is 17.4. The van der Waals surface area contributed by atoms with Gasteiger partial charge in [-0.15, -0.1) is 0 Å². The predicted octanol–water partition coefficient (Wildman–Crippen LogP) is 4.29. The summed E-state index contributed by atoms with van der Waals surface area (Å²) in [5.41, 5.74) is 3.87. The molecule has 0 aliphatic heterocycles. The lowest BCUT2D eigenvalue weighted by molar-refractivity contribution is 0.309. The SMILES string of the molecule is CNC(C)c1ccc(OCCCc2ccccc2)c(C)c1. The highest BCUT2D eigenvalue weighted by atomic mass is 16.5. The smallest absolute Gasteiger partial charge is 0.122 e. The fraction of sp³-hybridized carbons (Fsp3) is 0.368. The van der Waals surface area contributed by atoms with Crippen molar-refractivity contribution in [2.24, 2.45) is 0 Å². The number of nitrogens with one attached hydrogen (secondary N) is 1. The van der Waals surface area contributed by atoms with E-state index in [0.717, 1.165) is 25.2 Å². The van der Waals surface area contributed by atoms with Crippen LogP contribution in [0.15, 0.2) is 48.5 Å². The number of rotatable bonds is 7. The molecule has 1 unspecified atom stereocenters. The molecule has 2 nitrogen and oxygen atoms in total. The molecular weight excluding hydrogens is 258 g/mol. The predicted molar refractivity (Wildman–Crippen MR) is 88.9 cm³/mol. The average Bonchev–Trinajstić information content (AvgIpc) is 2.53. The molecule has 0 aliphatic rings. The maximum Gasteiger partial charge on any atom is 0.122 e. The Balaban J connectivity index is 1.83. The van der Waals surface area contributed by atoms with Crippen molar-refractivity contribution in [1.29, 1.82) is 0 Å². The molecule has 2 aromatic rings. The molecule has 0 fully saturated rings. The van der Waals surface area contributed by atoms with Gasteiger partial charge in [-0.1, -0.05) is 42.5 Å². The van der Waals surface area contributed by atoms with E-state index < -0.39 is 0 Å². The molecular formula is C19H25NO. The van der Waals surface area contributed by atoms with E-state index in [-0.39, 0.29) is 0 Å². The topological polar surface area (TPSA) is 21.3 Å². The minimum atomic E-state index is 0.371. The zero-order valence-corrected chi connectivity index (χ0v) is 13.2. The number of benzene rings is 2. The minimum absolute atomic E-state index is 0.371. The third-order valence-electron chi connectivity index (χ3n) is 3.84. The van der Waals surface area contributed by atoms with Gasteiger partial charge in [-0.25, -0.2) is 0 Å². The number of hydrogen-bond donors (Lipinski definition) is 1. The van der Waals surface area contributed by atoms with Gasteiger partial charge >= 0.3 is 0 Å². The second kappa shape index (κ2) is 7.84. The lowest BCUT2D eigenvalue weighted by Gasteiger charge is -2.14. The Bertz CT molecular complexity index is 551. The van der Waals surface area contributed by atoms with Gasteiger partial charge in [0.1, 0.15) is 5.75 Å². The van der Waals surface area contributed by atoms with Crippen molar-refractivity contribution in [1.82, 2.24) is 5.32 Å². The van der Waals surface area contributed by atoms with E-state index in [0.29, 0.717) is 6.04 Å². The third kappa shape index (κ3) is 4.61. The molecule has 0 radical (unpaired) electrons. The van der Waals surface area contributed by atoms with Gasteiger partial charge in [0.15, 0.2) is 0 Å². The number of hydrogen-bond acceptors (Lipinski definition) is 2. The van der Waals surface area contributed by atoms with Crippen molar-refractivity contribution in [2.75, 3.05) is 13.7 Å². The van der Waals surface area contributed by atoms with E-state index >= 15 is 0 Å². The van der Waals surface area contributed by atoms with Crippen LogP contribution in [0.25, 0.3) is 0 Å². The van der Waals surface area contributed by atoms with Crippen LogP contribution in [0.1, 0.15) is 36.1 Å². The van der Waals surface area contributed by atoms with Crippen LogP contribution in [0.5, 0.6) is 5.75 Å². The molecule has 2 rings (SSSR count).